The quantitative estimate of drug-likeness (QED) is 0.439. The Bertz CT molecular complexity index is 1240. The van der Waals surface area contributed by atoms with E-state index in [1.54, 1.807) is 11.7 Å². The van der Waals surface area contributed by atoms with E-state index in [0.717, 1.165) is 6.17 Å². The first-order valence-corrected chi connectivity index (χ1v) is 15.2. The maximum atomic E-state index is 13.5. The zero-order chi connectivity index (χ0) is 24.8. The molecule has 1 aromatic carbocycles. The minimum atomic E-state index is -1.40. The molecule has 182 valence electrons. The fraction of sp³-hybridized carbons (Fsp3) is 0.455. The van der Waals surface area contributed by atoms with Crippen LogP contribution >= 0.6 is 11.6 Å². The SMILES string of the molecule is Cn1nc(C2CCC(O)(c3cn(C[Si](C)(C)C)nn3)C2)c(C(=O)Nc2ccc(F)c(Cl)c2)c1N. The third-order valence-electron chi connectivity index (χ3n) is 6.05. The van der Waals surface area contributed by atoms with E-state index in [1.165, 1.54) is 22.9 Å². The molecule has 0 saturated heterocycles. The minimum Gasteiger partial charge on any atom is -0.383 e. The Morgan fingerprint density at radius 2 is 2.15 bits per heavy atom. The summed E-state index contributed by atoms with van der Waals surface area (Å²) in [6, 6.07) is 3.93. The second kappa shape index (κ2) is 8.79. The fourth-order valence-electron chi connectivity index (χ4n) is 4.41. The Balaban J connectivity index is 1.57. The Hall–Kier alpha value is -2.76. The van der Waals surface area contributed by atoms with Crippen LogP contribution in [-0.4, -0.2) is 43.9 Å². The lowest BCUT2D eigenvalue weighted by atomic mass is 9.94. The van der Waals surface area contributed by atoms with Gasteiger partial charge in [0.15, 0.2) is 0 Å². The van der Waals surface area contributed by atoms with E-state index in [1.807, 2.05) is 6.20 Å². The van der Waals surface area contributed by atoms with E-state index in [9.17, 15) is 14.3 Å². The van der Waals surface area contributed by atoms with E-state index < -0.39 is 25.4 Å². The number of carbonyl (C=O) groups excluding carboxylic acids is 1. The maximum absolute atomic E-state index is 13.5. The van der Waals surface area contributed by atoms with Crippen molar-refractivity contribution in [1.82, 2.24) is 24.8 Å². The molecule has 1 fully saturated rings. The molecule has 4 N–H and O–H groups in total. The number of halogens is 2. The zero-order valence-electron chi connectivity index (χ0n) is 19.6. The van der Waals surface area contributed by atoms with E-state index >= 15 is 0 Å². The predicted molar refractivity (Wildman–Crippen MR) is 131 cm³/mol. The zero-order valence-corrected chi connectivity index (χ0v) is 21.4. The van der Waals surface area contributed by atoms with Crippen LogP contribution in [-0.2, 0) is 18.8 Å². The molecule has 2 heterocycles. The molecule has 1 aliphatic rings. The first-order chi connectivity index (χ1) is 15.9. The van der Waals surface area contributed by atoms with Crippen molar-refractivity contribution in [3.8, 4) is 0 Å². The van der Waals surface area contributed by atoms with Crippen molar-refractivity contribution in [2.45, 2.75) is 56.6 Å². The van der Waals surface area contributed by atoms with Gasteiger partial charge in [0.1, 0.15) is 28.5 Å². The van der Waals surface area contributed by atoms with Gasteiger partial charge in [-0.15, -0.1) is 5.10 Å². The van der Waals surface area contributed by atoms with Crippen molar-refractivity contribution in [3.63, 3.8) is 0 Å². The summed E-state index contributed by atoms with van der Waals surface area (Å²) in [6.45, 7) is 6.73. The summed E-state index contributed by atoms with van der Waals surface area (Å²) in [5.41, 5.74) is 6.65. The van der Waals surface area contributed by atoms with Crippen LogP contribution < -0.4 is 11.1 Å². The number of nitrogens with zero attached hydrogens (tertiary/aromatic N) is 5. The number of rotatable bonds is 6. The van der Waals surface area contributed by atoms with Crippen LogP contribution in [0.15, 0.2) is 24.4 Å². The van der Waals surface area contributed by atoms with Gasteiger partial charge in [-0.3, -0.25) is 14.2 Å². The van der Waals surface area contributed by atoms with Crippen molar-refractivity contribution in [2.75, 3.05) is 11.1 Å². The number of carbonyl (C=O) groups is 1. The molecule has 2 atom stereocenters. The highest BCUT2D eigenvalue weighted by Gasteiger charge is 2.44. The topological polar surface area (TPSA) is 124 Å². The van der Waals surface area contributed by atoms with Crippen LogP contribution in [0.25, 0.3) is 0 Å². The van der Waals surface area contributed by atoms with Crippen molar-refractivity contribution in [2.24, 2.45) is 7.05 Å². The lowest BCUT2D eigenvalue weighted by Gasteiger charge is -2.20. The summed E-state index contributed by atoms with van der Waals surface area (Å²) < 4.78 is 16.7. The predicted octanol–water partition coefficient (Wildman–Crippen LogP) is 3.67. The molecule has 2 aromatic heterocycles. The fourth-order valence-corrected chi connectivity index (χ4v) is 5.72. The molecule has 9 nitrogen and oxygen atoms in total. The van der Waals surface area contributed by atoms with Gasteiger partial charge in [0.2, 0.25) is 0 Å². The summed E-state index contributed by atoms with van der Waals surface area (Å²) in [5, 5.41) is 27.0. The Morgan fingerprint density at radius 1 is 1.41 bits per heavy atom. The summed E-state index contributed by atoms with van der Waals surface area (Å²) >= 11 is 5.83. The van der Waals surface area contributed by atoms with Gasteiger partial charge in [0.05, 0.1) is 25.0 Å². The molecule has 0 spiro atoms. The number of nitrogen functional groups attached to an aromatic ring is 1. The molecular weight excluding hydrogens is 477 g/mol. The highest BCUT2D eigenvalue weighted by Crippen LogP contribution is 2.47. The van der Waals surface area contributed by atoms with Gasteiger partial charge in [-0.05, 0) is 37.5 Å². The lowest BCUT2D eigenvalue weighted by molar-refractivity contribution is 0.0380. The average Bonchev–Trinajstić information content (AvgIpc) is 3.43. The second-order valence-electron chi connectivity index (χ2n) is 10.2. The molecular formula is C22H29ClFN7O2Si. The molecule has 0 radical (unpaired) electrons. The smallest absolute Gasteiger partial charge is 0.261 e. The minimum absolute atomic E-state index is 0.0970. The molecule has 3 aromatic rings. The van der Waals surface area contributed by atoms with Crippen LogP contribution in [0.4, 0.5) is 15.9 Å². The number of aryl methyl sites for hydroxylation is 1. The van der Waals surface area contributed by atoms with Gasteiger partial charge in [-0.25, -0.2) is 4.39 Å². The molecule has 34 heavy (non-hydrogen) atoms. The van der Waals surface area contributed by atoms with Crippen LogP contribution in [0.1, 0.15) is 46.9 Å². The highest BCUT2D eigenvalue weighted by molar-refractivity contribution is 6.74. The Labute approximate surface area is 203 Å². The number of hydrogen-bond acceptors (Lipinski definition) is 6. The molecule has 12 heteroatoms. The number of aliphatic hydroxyl groups is 1. The molecule has 4 rings (SSSR count). The maximum Gasteiger partial charge on any atom is 0.261 e. The number of anilines is 2. The number of nitrogens with one attached hydrogen (secondary N) is 1. The molecule has 0 bridgehead atoms. The number of hydrogen-bond donors (Lipinski definition) is 3. The van der Waals surface area contributed by atoms with E-state index in [2.05, 4.69) is 40.4 Å². The van der Waals surface area contributed by atoms with Gasteiger partial charge in [0.25, 0.3) is 5.91 Å². The van der Waals surface area contributed by atoms with Gasteiger partial charge < -0.3 is 16.2 Å². The van der Waals surface area contributed by atoms with Crippen molar-refractivity contribution >= 4 is 37.1 Å². The first-order valence-electron chi connectivity index (χ1n) is 11.1. The van der Waals surface area contributed by atoms with Crippen LogP contribution in [0, 0.1) is 5.82 Å². The monoisotopic (exact) mass is 505 g/mol. The van der Waals surface area contributed by atoms with E-state index in [-0.39, 0.29) is 22.3 Å². The number of nitrogens with two attached hydrogens (primary N) is 1. The van der Waals surface area contributed by atoms with Crippen LogP contribution in [0.5, 0.6) is 0 Å². The molecule has 2 unspecified atom stereocenters. The summed E-state index contributed by atoms with van der Waals surface area (Å²) in [5.74, 6) is -1.04. The van der Waals surface area contributed by atoms with Gasteiger partial charge >= 0.3 is 0 Å². The normalized spacial score (nSPS) is 20.6. The molecule has 0 aliphatic heterocycles. The van der Waals surface area contributed by atoms with E-state index in [0.29, 0.717) is 36.3 Å². The molecule has 1 amide bonds. The van der Waals surface area contributed by atoms with E-state index in [4.69, 9.17) is 17.3 Å². The van der Waals surface area contributed by atoms with Crippen molar-refractivity contribution in [1.29, 1.82) is 0 Å². The van der Waals surface area contributed by atoms with Gasteiger partial charge in [-0.1, -0.05) is 36.5 Å². The Morgan fingerprint density at radius 3 is 2.82 bits per heavy atom. The molecule has 1 saturated carbocycles. The highest BCUT2D eigenvalue weighted by atomic mass is 35.5. The largest absolute Gasteiger partial charge is 0.383 e. The third-order valence-corrected chi connectivity index (χ3v) is 7.61. The summed E-state index contributed by atoms with van der Waals surface area (Å²) in [6.07, 6.45) is 4.05. The molecule has 1 aliphatic carbocycles. The van der Waals surface area contributed by atoms with Crippen LogP contribution in [0.2, 0.25) is 24.7 Å². The standard InChI is InChI=1S/C22H29ClFN7O2Si/c1-30-20(25)18(21(32)26-14-5-6-16(24)15(23)9-14)19(28-30)13-7-8-22(33,10-13)17-11-31(29-27-17)12-34(2,3)4/h5-6,9,11,13,33H,7-8,10,12,25H2,1-4H3,(H,26,32). The second-order valence-corrected chi connectivity index (χ2v) is 16.0. The van der Waals surface area contributed by atoms with Crippen LogP contribution in [0.3, 0.4) is 0 Å². The van der Waals surface area contributed by atoms with Gasteiger partial charge in [0, 0.05) is 24.8 Å². The number of aromatic nitrogens is 5. The summed E-state index contributed by atoms with van der Waals surface area (Å²) in [7, 11) is 0.261. The number of amides is 1. The number of benzene rings is 1. The third kappa shape index (κ3) is 4.86. The lowest BCUT2D eigenvalue weighted by Crippen LogP contribution is -2.28. The summed E-state index contributed by atoms with van der Waals surface area (Å²) in [4.78, 5) is 13.1. The van der Waals surface area contributed by atoms with Gasteiger partial charge in [-0.2, -0.15) is 5.10 Å². The van der Waals surface area contributed by atoms with Crippen molar-refractivity contribution < 1.29 is 14.3 Å². The first kappa shape index (κ1) is 24.4. The Kier molecular flexibility index (Phi) is 6.30. The average molecular weight is 506 g/mol. The van der Waals surface area contributed by atoms with Crippen molar-refractivity contribution in [3.05, 3.63) is 52.2 Å².